The van der Waals surface area contributed by atoms with Crippen molar-refractivity contribution in [2.75, 3.05) is 31.6 Å². The van der Waals surface area contributed by atoms with Gasteiger partial charge >= 0.3 is 0 Å². The molecule has 3 rings (SSSR count). The average molecular weight is 399 g/mol. The molecule has 5 nitrogen and oxygen atoms in total. The van der Waals surface area contributed by atoms with Crippen LogP contribution in [0.25, 0.3) is 10.9 Å². The molecule has 122 valence electrons. The Balaban J connectivity index is 1.84. The van der Waals surface area contributed by atoms with E-state index in [2.05, 4.69) is 26.2 Å². The Bertz CT molecular complexity index is 735. The number of fused-ring (bicyclic) bond motifs is 1. The van der Waals surface area contributed by atoms with Gasteiger partial charge in [-0.1, -0.05) is 27.5 Å². The highest BCUT2D eigenvalue weighted by atomic mass is 79.9. The lowest BCUT2D eigenvalue weighted by molar-refractivity contribution is -0.135. The van der Waals surface area contributed by atoms with Crippen LogP contribution in [0.2, 0.25) is 5.02 Å². The van der Waals surface area contributed by atoms with Crippen LogP contribution in [-0.4, -0.2) is 48.1 Å². The van der Waals surface area contributed by atoms with Gasteiger partial charge in [0.15, 0.2) is 0 Å². The molecule has 1 unspecified atom stereocenters. The molecule has 1 saturated heterocycles. The van der Waals surface area contributed by atoms with Crippen molar-refractivity contribution >= 4 is 50.0 Å². The number of ether oxygens (including phenoxy) is 1. The van der Waals surface area contributed by atoms with E-state index < -0.39 is 0 Å². The smallest absolute Gasteiger partial charge is 0.244 e. The van der Waals surface area contributed by atoms with E-state index in [-0.39, 0.29) is 11.9 Å². The summed E-state index contributed by atoms with van der Waals surface area (Å²) in [5.41, 5.74) is 1.55. The Kier molecular flexibility index (Phi) is 5.04. The highest BCUT2D eigenvalue weighted by Gasteiger charge is 2.22. The van der Waals surface area contributed by atoms with Crippen LogP contribution in [0.5, 0.6) is 0 Å². The number of hydrogen-bond acceptors (Lipinski definition) is 4. The molecule has 0 aliphatic carbocycles. The number of carbonyl (C=O) groups is 1. The average Bonchev–Trinajstić information content (AvgIpc) is 2.55. The fourth-order valence-corrected chi connectivity index (χ4v) is 3.51. The van der Waals surface area contributed by atoms with Crippen LogP contribution in [0.1, 0.15) is 6.92 Å². The first-order valence-electron chi connectivity index (χ1n) is 7.43. The molecule has 0 spiro atoms. The first-order chi connectivity index (χ1) is 11.1. The number of anilines is 1. The number of nitrogens with zero attached hydrogens (tertiary/aromatic N) is 2. The minimum Gasteiger partial charge on any atom is -0.378 e. The van der Waals surface area contributed by atoms with Gasteiger partial charge < -0.3 is 15.0 Å². The zero-order valence-corrected chi connectivity index (χ0v) is 15.0. The van der Waals surface area contributed by atoms with Crippen molar-refractivity contribution in [3.8, 4) is 0 Å². The normalized spacial score (nSPS) is 16.4. The summed E-state index contributed by atoms with van der Waals surface area (Å²) in [6.07, 6.45) is 1.69. The van der Waals surface area contributed by atoms with Gasteiger partial charge in [-0.2, -0.15) is 0 Å². The monoisotopic (exact) mass is 397 g/mol. The SMILES string of the molecule is CC(Nc1ccnc2c(Cl)cc(Br)cc12)C(=O)N1CCOCC1. The van der Waals surface area contributed by atoms with Gasteiger partial charge in [-0.3, -0.25) is 9.78 Å². The molecule has 1 amide bonds. The van der Waals surface area contributed by atoms with Crippen molar-refractivity contribution < 1.29 is 9.53 Å². The van der Waals surface area contributed by atoms with Crippen molar-refractivity contribution in [1.82, 2.24) is 9.88 Å². The number of carbonyl (C=O) groups excluding carboxylic acids is 1. The number of benzene rings is 1. The number of morpholine rings is 1. The Morgan fingerprint density at radius 3 is 2.91 bits per heavy atom. The topological polar surface area (TPSA) is 54.5 Å². The van der Waals surface area contributed by atoms with E-state index in [9.17, 15) is 4.79 Å². The van der Waals surface area contributed by atoms with Gasteiger partial charge in [-0.15, -0.1) is 0 Å². The van der Waals surface area contributed by atoms with Crippen molar-refractivity contribution in [1.29, 1.82) is 0 Å². The number of halogens is 2. The fourth-order valence-electron chi connectivity index (χ4n) is 2.66. The molecule has 1 aliphatic rings. The molecular formula is C16H17BrClN3O2. The molecular weight excluding hydrogens is 382 g/mol. The van der Waals surface area contributed by atoms with Crippen molar-refractivity contribution in [3.63, 3.8) is 0 Å². The molecule has 0 radical (unpaired) electrons. The summed E-state index contributed by atoms with van der Waals surface area (Å²) in [7, 11) is 0. The van der Waals surface area contributed by atoms with E-state index in [0.29, 0.717) is 36.8 Å². The van der Waals surface area contributed by atoms with E-state index in [4.69, 9.17) is 16.3 Å². The van der Waals surface area contributed by atoms with Crippen molar-refractivity contribution in [2.24, 2.45) is 0 Å². The molecule has 1 N–H and O–H groups in total. The van der Waals surface area contributed by atoms with Gasteiger partial charge in [0.25, 0.3) is 0 Å². The molecule has 0 bridgehead atoms. The summed E-state index contributed by atoms with van der Waals surface area (Å²) in [6, 6.07) is 5.27. The molecule has 1 aromatic heterocycles. The summed E-state index contributed by atoms with van der Waals surface area (Å²) in [6.45, 7) is 4.33. The second-order valence-electron chi connectivity index (χ2n) is 5.45. The highest BCUT2D eigenvalue weighted by molar-refractivity contribution is 9.10. The molecule has 1 aromatic carbocycles. The van der Waals surface area contributed by atoms with E-state index in [0.717, 1.165) is 15.5 Å². The lowest BCUT2D eigenvalue weighted by Crippen LogP contribution is -2.47. The fraction of sp³-hybridized carbons (Fsp3) is 0.375. The van der Waals surface area contributed by atoms with Gasteiger partial charge in [0, 0.05) is 34.8 Å². The largest absolute Gasteiger partial charge is 0.378 e. The molecule has 1 atom stereocenters. The minimum atomic E-state index is -0.337. The number of hydrogen-bond donors (Lipinski definition) is 1. The van der Waals surface area contributed by atoms with Gasteiger partial charge in [-0.05, 0) is 25.1 Å². The third kappa shape index (κ3) is 3.59. The zero-order valence-electron chi connectivity index (χ0n) is 12.7. The number of rotatable bonds is 3. The van der Waals surface area contributed by atoms with Crippen molar-refractivity contribution in [2.45, 2.75) is 13.0 Å². The molecule has 1 fully saturated rings. The Labute approximate surface area is 148 Å². The van der Waals surface area contributed by atoms with E-state index in [1.807, 2.05) is 30.0 Å². The number of nitrogens with one attached hydrogen (secondary N) is 1. The number of aromatic nitrogens is 1. The Morgan fingerprint density at radius 2 is 2.17 bits per heavy atom. The summed E-state index contributed by atoms with van der Waals surface area (Å²) < 4.78 is 6.16. The van der Waals surface area contributed by atoms with Crippen LogP contribution in [0.15, 0.2) is 28.9 Å². The Hall–Kier alpha value is -1.37. The third-order valence-electron chi connectivity index (χ3n) is 3.83. The van der Waals surface area contributed by atoms with Crippen LogP contribution < -0.4 is 5.32 Å². The Morgan fingerprint density at radius 1 is 1.43 bits per heavy atom. The maximum absolute atomic E-state index is 12.5. The molecule has 1 aliphatic heterocycles. The van der Waals surface area contributed by atoms with Crippen LogP contribution in [0, 0.1) is 0 Å². The zero-order chi connectivity index (χ0) is 16.4. The van der Waals surface area contributed by atoms with E-state index >= 15 is 0 Å². The molecule has 0 saturated carbocycles. The number of amides is 1. The van der Waals surface area contributed by atoms with Gasteiger partial charge in [0.1, 0.15) is 6.04 Å². The van der Waals surface area contributed by atoms with Crippen LogP contribution >= 0.6 is 27.5 Å². The van der Waals surface area contributed by atoms with Gasteiger partial charge in [-0.25, -0.2) is 0 Å². The maximum Gasteiger partial charge on any atom is 0.244 e. The van der Waals surface area contributed by atoms with Crippen LogP contribution in [0.4, 0.5) is 5.69 Å². The second-order valence-corrected chi connectivity index (χ2v) is 6.77. The lowest BCUT2D eigenvalue weighted by atomic mass is 10.1. The lowest BCUT2D eigenvalue weighted by Gasteiger charge is -2.30. The summed E-state index contributed by atoms with van der Waals surface area (Å²) in [4.78, 5) is 18.7. The molecule has 2 heterocycles. The molecule has 23 heavy (non-hydrogen) atoms. The van der Waals surface area contributed by atoms with Crippen molar-refractivity contribution in [3.05, 3.63) is 33.9 Å². The van der Waals surface area contributed by atoms with Crippen LogP contribution in [-0.2, 0) is 9.53 Å². The maximum atomic E-state index is 12.5. The highest BCUT2D eigenvalue weighted by Crippen LogP contribution is 2.31. The first-order valence-corrected chi connectivity index (χ1v) is 8.60. The minimum absolute atomic E-state index is 0.0688. The van der Waals surface area contributed by atoms with E-state index in [1.54, 1.807) is 6.20 Å². The quantitative estimate of drug-likeness (QED) is 0.862. The third-order valence-corrected chi connectivity index (χ3v) is 4.57. The van der Waals surface area contributed by atoms with Crippen LogP contribution in [0.3, 0.4) is 0 Å². The summed E-state index contributed by atoms with van der Waals surface area (Å²) in [5, 5.41) is 4.74. The van der Waals surface area contributed by atoms with E-state index in [1.165, 1.54) is 0 Å². The second kappa shape index (κ2) is 7.03. The standard InChI is InChI=1S/C16H17BrClN3O2/c1-10(16(22)21-4-6-23-7-5-21)20-14-2-3-19-15-12(14)8-11(17)9-13(15)18/h2-3,8-10H,4-7H2,1H3,(H,19,20). The molecule has 2 aromatic rings. The van der Waals surface area contributed by atoms with Gasteiger partial charge in [0.05, 0.1) is 23.8 Å². The number of pyridine rings is 1. The summed E-state index contributed by atoms with van der Waals surface area (Å²) in [5.74, 6) is 0.0688. The first kappa shape index (κ1) is 16.5. The van der Waals surface area contributed by atoms with Gasteiger partial charge in [0.2, 0.25) is 5.91 Å². The molecule has 7 heteroatoms. The predicted molar refractivity (Wildman–Crippen MR) is 94.9 cm³/mol. The summed E-state index contributed by atoms with van der Waals surface area (Å²) >= 11 is 9.69. The predicted octanol–water partition coefficient (Wildman–Crippen LogP) is 3.31.